The first-order valence-electron chi connectivity index (χ1n) is 5.95. The molecule has 0 spiro atoms. The first-order valence-corrected chi connectivity index (χ1v) is 5.95. The highest BCUT2D eigenvalue weighted by atomic mass is 16.6. The van der Waals surface area contributed by atoms with Crippen LogP contribution >= 0.6 is 0 Å². The Labute approximate surface area is 107 Å². The van der Waals surface area contributed by atoms with Crippen LogP contribution in [0.5, 0.6) is 0 Å². The number of nitrogens with one attached hydrogen (secondary N) is 2. The van der Waals surface area contributed by atoms with Gasteiger partial charge in [-0.25, -0.2) is 0 Å². The van der Waals surface area contributed by atoms with Gasteiger partial charge in [-0.15, -0.1) is 0 Å². The van der Waals surface area contributed by atoms with Crippen molar-refractivity contribution in [3.05, 3.63) is 48.0 Å². The molecule has 0 bridgehead atoms. The van der Waals surface area contributed by atoms with Crippen molar-refractivity contribution >= 4 is 16.7 Å². The maximum atomic E-state index is 11.3. The van der Waals surface area contributed by atoms with Gasteiger partial charge in [0.25, 0.3) is 5.69 Å². The van der Waals surface area contributed by atoms with Crippen molar-refractivity contribution < 1.29 is 4.92 Å². The van der Waals surface area contributed by atoms with Gasteiger partial charge in [-0.05, 0) is 24.5 Å². The van der Waals surface area contributed by atoms with Gasteiger partial charge in [0.1, 0.15) is 5.52 Å². The summed E-state index contributed by atoms with van der Waals surface area (Å²) in [6.45, 7) is 3.70. The maximum absolute atomic E-state index is 11.3. The van der Waals surface area contributed by atoms with Crippen LogP contribution in [0.1, 0.15) is 25.0 Å². The maximum Gasteiger partial charge on any atom is 0.314 e. The Bertz CT molecular complexity index is 773. The predicted octanol–water partition coefficient (Wildman–Crippen LogP) is 1.25. The first kappa shape index (κ1) is 13.0. The van der Waals surface area contributed by atoms with Gasteiger partial charge in [-0.2, -0.15) is 0 Å². The lowest BCUT2D eigenvalue weighted by Crippen LogP contribution is -2.29. The predicted molar refractivity (Wildman–Crippen MR) is 70.6 cm³/mol. The van der Waals surface area contributed by atoms with Crippen molar-refractivity contribution in [2.45, 2.75) is 26.7 Å². The molecule has 0 aliphatic rings. The molecule has 0 aliphatic carbocycles. The van der Waals surface area contributed by atoms with Crippen LogP contribution in [0.4, 0.5) is 5.69 Å². The summed E-state index contributed by atoms with van der Waals surface area (Å²) in [7, 11) is 0. The molecule has 2 N–H and O–H groups in total. The molecule has 0 radical (unpaired) electrons. The summed E-state index contributed by atoms with van der Waals surface area (Å²) in [5.74, 6) is 0. The number of nitro benzene ring substituents is 1. The topological polar surface area (TPSA) is 109 Å². The van der Waals surface area contributed by atoms with Gasteiger partial charge in [0.2, 0.25) is 0 Å². The number of fused-ring (bicyclic) bond motifs is 1. The number of benzene rings is 1. The van der Waals surface area contributed by atoms with E-state index in [1.165, 1.54) is 0 Å². The first-order chi connectivity index (χ1) is 8.99. The summed E-state index contributed by atoms with van der Waals surface area (Å²) in [5, 5.41) is 11.3. The average molecular weight is 263 g/mol. The Morgan fingerprint density at radius 1 is 1.16 bits per heavy atom. The molecule has 7 nitrogen and oxygen atoms in total. The summed E-state index contributed by atoms with van der Waals surface area (Å²) >= 11 is 0. The smallest absolute Gasteiger partial charge is 0.314 e. The number of H-pyrrole nitrogens is 2. The van der Waals surface area contributed by atoms with Crippen LogP contribution < -0.4 is 11.1 Å². The zero-order valence-corrected chi connectivity index (χ0v) is 10.6. The van der Waals surface area contributed by atoms with Gasteiger partial charge in [0.15, 0.2) is 0 Å². The number of nitro groups is 1. The van der Waals surface area contributed by atoms with Gasteiger partial charge < -0.3 is 9.97 Å². The SMILES string of the molecule is CCc1cc2[nH]c(=O)c(=O)[nH]c2c([N+](=O)[O-])c1CC. The van der Waals surface area contributed by atoms with Gasteiger partial charge in [-0.3, -0.25) is 19.7 Å². The number of nitrogens with zero attached hydrogens (tertiary/aromatic N) is 1. The van der Waals surface area contributed by atoms with Crippen LogP contribution in [0.25, 0.3) is 11.0 Å². The molecule has 0 aliphatic heterocycles. The fourth-order valence-electron chi connectivity index (χ4n) is 2.25. The lowest BCUT2D eigenvalue weighted by molar-refractivity contribution is -0.384. The van der Waals surface area contributed by atoms with E-state index < -0.39 is 16.0 Å². The zero-order valence-electron chi connectivity index (χ0n) is 10.6. The number of aromatic amines is 2. The third kappa shape index (κ3) is 2.03. The molecule has 1 aromatic heterocycles. The molecule has 0 unspecified atom stereocenters. The van der Waals surface area contributed by atoms with Crippen LogP contribution in [-0.2, 0) is 12.8 Å². The third-order valence-electron chi connectivity index (χ3n) is 3.11. The Hall–Kier alpha value is -2.44. The van der Waals surface area contributed by atoms with Crippen molar-refractivity contribution in [2.24, 2.45) is 0 Å². The van der Waals surface area contributed by atoms with E-state index >= 15 is 0 Å². The van der Waals surface area contributed by atoms with E-state index in [0.717, 1.165) is 5.56 Å². The van der Waals surface area contributed by atoms with Gasteiger partial charge in [-0.1, -0.05) is 13.8 Å². The lowest BCUT2D eigenvalue weighted by atomic mass is 9.99. The molecule has 0 amide bonds. The molecule has 100 valence electrons. The largest absolute Gasteiger partial charge is 0.316 e. The highest BCUT2D eigenvalue weighted by Crippen LogP contribution is 2.30. The number of hydrogen-bond donors (Lipinski definition) is 2. The Morgan fingerprint density at radius 3 is 2.32 bits per heavy atom. The minimum Gasteiger partial charge on any atom is -0.316 e. The average Bonchev–Trinajstić information content (AvgIpc) is 2.37. The molecule has 2 rings (SSSR count). The molecule has 2 aromatic rings. The van der Waals surface area contributed by atoms with E-state index in [9.17, 15) is 19.7 Å². The zero-order chi connectivity index (χ0) is 14.2. The van der Waals surface area contributed by atoms with E-state index in [1.807, 2.05) is 13.8 Å². The second-order valence-electron chi connectivity index (χ2n) is 4.16. The van der Waals surface area contributed by atoms with Crippen LogP contribution in [0.15, 0.2) is 15.7 Å². The summed E-state index contributed by atoms with van der Waals surface area (Å²) in [6.07, 6.45) is 1.09. The standard InChI is InChI=1S/C12H13N3O4/c1-3-6-5-8-9(14-12(17)11(16)13-8)10(15(18)19)7(6)4-2/h5H,3-4H2,1-2H3,(H,13,16)(H,14,17). The molecule has 0 saturated carbocycles. The fourth-order valence-corrected chi connectivity index (χ4v) is 2.25. The normalized spacial score (nSPS) is 10.8. The molecule has 1 aromatic carbocycles. The van der Waals surface area contributed by atoms with Crippen molar-refractivity contribution in [3.8, 4) is 0 Å². The van der Waals surface area contributed by atoms with E-state index in [4.69, 9.17) is 0 Å². The molecule has 0 fully saturated rings. The quantitative estimate of drug-likeness (QED) is 0.493. The molecular weight excluding hydrogens is 250 g/mol. The summed E-state index contributed by atoms with van der Waals surface area (Å²) in [5.41, 5.74) is -0.0960. The van der Waals surface area contributed by atoms with Crippen LogP contribution in [0, 0.1) is 10.1 Å². The second kappa shape index (κ2) is 4.68. The highest BCUT2D eigenvalue weighted by Gasteiger charge is 2.22. The van der Waals surface area contributed by atoms with Crippen LogP contribution in [0.3, 0.4) is 0 Å². The lowest BCUT2D eigenvalue weighted by Gasteiger charge is -2.09. The minimum absolute atomic E-state index is 0.0728. The minimum atomic E-state index is -0.887. The number of aryl methyl sites for hydroxylation is 1. The summed E-state index contributed by atoms with van der Waals surface area (Å²) in [6, 6.07) is 1.68. The van der Waals surface area contributed by atoms with E-state index in [0.29, 0.717) is 18.4 Å². The number of aromatic nitrogens is 2. The van der Waals surface area contributed by atoms with Gasteiger partial charge in [0.05, 0.1) is 10.4 Å². The Balaban J connectivity index is 3.05. The molecule has 19 heavy (non-hydrogen) atoms. The Morgan fingerprint density at radius 2 is 1.79 bits per heavy atom. The van der Waals surface area contributed by atoms with Crippen LogP contribution in [-0.4, -0.2) is 14.9 Å². The Kier molecular flexibility index (Phi) is 3.20. The van der Waals surface area contributed by atoms with Gasteiger partial charge in [0, 0.05) is 5.56 Å². The van der Waals surface area contributed by atoms with E-state index in [-0.39, 0.29) is 16.7 Å². The highest BCUT2D eigenvalue weighted by molar-refractivity contribution is 5.86. The molecule has 0 atom stereocenters. The number of rotatable bonds is 3. The fraction of sp³-hybridized carbons (Fsp3) is 0.333. The monoisotopic (exact) mass is 263 g/mol. The van der Waals surface area contributed by atoms with E-state index in [2.05, 4.69) is 9.97 Å². The van der Waals surface area contributed by atoms with Crippen molar-refractivity contribution in [3.63, 3.8) is 0 Å². The van der Waals surface area contributed by atoms with Crippen LogP contribution in [0.2, 0.25) is 0 Å². The molecular formula is C12H13N3O4. The van der Waals surface area contributed by atoms with Crippen molar-refractivity contribution in [1.29, 1.82) is 0 Å². The summed E-state index contributed by atoms with van der Waals surface area (Å²) < 4.78 is 0. The molecule has 7 heteroatoms. The molecule has 1 heterocycles. The third-order valence-corrected chi connectivity index (χ3v) is 3.11. The van der Waals surface area contributed by atoms with E-state index in [1.54, 1.807) is 6.07 Å². The van der Waals surface area contributed by atoms with Crippen molar-refractivity contribution in [1.82, 2.24) is 9.97 Å². The summed E-state index contributed by atoms with van der Waals surface area (Å²) in [4.78, 5) is 38.0. The van der Waals surface area contributed by atoms with Gasteiger partial charge >= 0.3 is 11.1 Å². The molecule has 0 saturated heterocycles. The number of hydrogen-bond acceptors (Lipinski definition) is 4. The van der Waals surface area contributed by atoms with Crippen molar-refractivity contribution in [2.75, 3.05) is 0 Å². The second-order valence-corrected chi connectivity index (χ2v) is 4.16.